The Bertz CT molecular complexity index is 228. The standard InChI is InChI=1S/C7H7NO2/c9-6-3-1-5(2-4-6)7-8-10-7/h1-4,7-9H. The van der Waals surface area contributed by atoms with Crippen LogP contribution in [0.2, 0.25) is 0 Å². The van der Waals surface area contributed by atoms with Gasteiger partial charge in [0.05, 0.1) is 0 Å². The third-order valence-electron chi connectivity index (χ3n) is 1.43. The summed E-state index contributed by atoms with van der Waals surface area (Å²) < 4.78 is 0. The summed E-state index contributed by atoms with van der Waals surface area (Å²) in [6, 6.07) is 6.91. The van der Waals surface area contributed by atoms with Gasteiger partial charge in [-0.05, 0) is 17.7 Å². The predicted molar refractivity (Wildman–Crippen MR) is 35.1 cm³/mol. The quantitative estimate of drug-likeness (QED) is 0.566. The van der Waals surface area contributed by atoms with Crippen LogP contribution in [-0.4, -0.2) is 5.11 Å². The fourth-order valence-electron chi connectivity index (χ4n) is 0.819. The maximum Gasteiger partial charge on any atom is 0.176 e. The van der Waals surface area contributed by atoms with E-state index in [4.69, 9.17) is 9.94 Å². The molecular formula is C7H7NO2. The van der Waals surface area contributed by atoms with Crippen LogP contribution >= 0.6 is 0 Å². The van der Waals surface area contributed by atoms with Gasteiger partial charge in [-0.25, -0.2) is 0 Å². The molecule has 0 aliphatic carbocycles. The topological polar surface area (TPSA) is 54.7 Å². The number of nitrogens with one attached hydrogen (secondary N) is 1. The molecule has 1 atom stereocenters. The van der Waals surface area contributed by atoms with E-state index in [0.717, 1.165) is 5.56 Å². The summed E-state index contributed by atoms with van der Waals surface area (Å²) in [5.41, 5.74) is 3.73. The van der Waals surface area contributed by atoms with E-state index in [1.165, 1.54) is 0 Å². The molecule has 2 N–H and O–H groups in total. The lowest BCUT2D eigenvalue weighted by molar-refractivity contribution is 0.374. The molecule has 0 spiro atoms. The second kappa shape index (κ2) is 1.97. The number of hydrogen-bond donors (Lipinski definition) is 2. The minimum Gasteiger partial charge on any atom is -0.508 e. The molecule has 0 bridgehead atoms. The van der Waals surface area contributed by atoms with Gasteiger partial charge in [-0.2, -0.15) is 5.48 Å². The van der Waals surface area contributed by atoms with Crippen LogP contribution in [0.4, 0.5) is 0 Å². The van der Waals surface area contributed by atoms with Crippen molar-refractivity contribution in [2.24, 2.45) is 0 Å². The Balaban J connectivity index is 2.28. The molecule has 52 valence electrons. The van der Waals surface area contributed by atoms with Gasteiger partial charge in [0, 0.05) is 0 Å². The second-order valence-corrected chi connectivity index (χ2v) is 2.21. The monoisotopic (exact) mass is 137 g/mol. The van der Waals surface area contributed by atoms with Gasteiger partial charge in [0.15, 0.2) is 6.23 Å². The Labute approximate surface area is 58.2 Å². The van der Waals surface area contributed by atoms with E-state index in [1.54, 1.807) is 12.1 Å². The van der Waals surface area contributed by atoms with Gasteiger partial charge in [-0.15, -0.1) is 0 Å². The van der Waals surface area contributed by atoms with Gasteiger partial charge in [-0.1, -0.05) is 12.1 Å². The Hall–Kier alpha value is -1.06. The molecule has 0 saturated carbocycles. The second-order valence-electron chi connectivity index (χ2n) is 2.21. The summed E-state index contributed by atoms with van der Waals surface area (Å²) >= 11 is 0. The summed E-state index contributed by atoms with van der Waals surface area (Å²) in [5, 5.41) is 8.90. The van der Waals surface area contributed by atoms with Crippen molar-refractivity contribution in [2.45, 2.75) is 6.23 Å². The summed E-state index contributed by atoms with van der Waals surface area (Å²) in [6.45, 7) is 0. The Morgan fingerprint density at radius 2 is 1.90 bits per heavy atom. The molecular weight excluding hydrogens is 130 g/mol. The molecule has 0 amide bonds. The van der Waals surface area contributed by atoms with Crippen molar-refractivity contribution in [3.63, 3.8) is 0 Å². The normalized spacial score (nSPS) is 22.6. The van der Waals surface area contributed by atoms with Crippen molar-refractivity contribution in [3.05, 3.63) is 29.8 Å². The van der Waals surface area contributed by atoms with Crippen LogP contribution in [0.25, 0.3) is 0 Å². The highest BCUT2D eigenvalue weighted by Crippen LogP contribution is 2.24. The lowest BCUT2D eigenvalue weighted by Gasteiger charge is -1.92. The van der Waals surface area contributed by atoms with E-state index in [9.17, 15) is 0 Å². The van der Waals surface area contributed by atoms with Crippen molar-refractivity contribution in [3.8, 4) is 5.75 Å². The van der Waals surface area contributed by atoms with E-state index in [-0.39, 0.29) is 12.0 Å². The zero-order chi connectivity index (χ0) is 6.97. The van der Waals surface area contributed by atoms with E-state index in [1.807, 2.05) is 12.1 Å². The predicted octanol–water partition coefficient (Wildman–Crippen LogP) is 0.926. The number of benzene rings is 1. The maximum absolute atomic E-state index is 8.90. The highest BCUT2D eigenvalue weighted by atomic mass is 16.8. The van der Waals surface area contributed by atoms with Crippen LogP contribution in [0, 0.1) is 0 Å². The summed E-state index contributed by atoms with van der Waals surface area (Å²) in [6.07, 6.45) is 0.0422. The molecule has 10 heavy (non-hydrogen) atoms. The number of aromatic hydroxyl groups is 1. The van der Waals surface area contributed by atoms with Gasteiger partial charge >= 0.3 is 0 Å². The Morgan fingerprint density at radius 3 is 2.40 bits per heavy atom. The van der Waals surface area contributed by atoms with E-state index < -0.39 is 0 Å². The summed E-state index contributed by atoms with van der Waals surface area (Å²) in [5.74, 6) is 0.282. The molecule has 0 radical (unpaired) electrons. The zero-order valence-electron chi connectivity index (χ0n) is 5.24. The first-order valence-electron chi connectivity index (χ1n) is 3.06. The molecule has 1 aromatic carbocycles. The zero-order valence-corrected chi connectivity index (χ0v) is 5.24. The molecule has 3 heteroatoms. The van der Waals surface area contributed by atoms with Crippen molar-refractivity contribution >= 4 is 0 Å². The van der Waals surface area contributed by atoms with Crippen molar-refractivity contribution < 1.29 is 9.94 Å². The van der Waals surface area contributed by atoms with Gasteiger partial charge in [0.25, 0.3) is 0 Å². The number of phenolic OH excluding ortho intramolecular Hbond substituents is 1. The smallest absolute Gasteiger partial charge is 0.176 e. The molecule has 0 aromatic heterocycles. The lowest BCUT2D eigenvalue weighted by Crippen LogP contribution is -1.81. The van der Waals surface area contributed by atoms with Crippen LogP contribution in [0.1, 0.15) is 11.8 Å². The number of phenols is 1. The largest absolute Gasteiger partial charge is 0.508 e. The number of rotatable bonds is 1. The van der Waals surface area contributed by atoms with Crippen LogP contribution < -0.4 is 5.48 Å². The lowest BCUT2D eigenvalue weighted by atomic mass is 10.2. The van der Waals surface area contributed by atoms with Crippen molar-refractivity contribution in [1.82, 2.24) is 5.48 Å². The van der Waals surface area contributed by atoms with Crippen LogP contribution in [-0.2, 0) is 4.84 Å². The third kappa shape index (κ3) is 0.964. The fourth-order valence-corrected chi connectivity index (χ4v) is 0.819. The summed E-state index contributed by atoms with van der Waals surface area (Å²) in [4.78, 5) is 4.80. The fraction of sp³-hybridized carbons (Fsp3) is 0.143. The molecule has 1 aliphatic heterocycles. The van der Waals surface area contributed by atoms with Crippen LogP contribution in [0.5, 0.6) is 5.75 Å². The molecule has 1 fully saturated rings. The molecule has 1 heterocycles. The average molecular weight is 137 g/mol. The minimum absolute atomic E-state index is 0.0422. The first-order chi connectivity index (χ1) is 4.86. The SMILES string of the molecule is Oc1ccc(C2NO2)cc1. The van der Waals surface area contributed by atoms with Gasteiger partial charge < -0.3 is 5.11 Å². The van der Waals surface area contributed by atoms with E-state index in [2.05, 4.69) is 5.48 Å². The molecule has 2 rings (SSSR count). The van der Waals surface area contributed by atoms with Gasteiger partial charge in [0.2, 0.25) is 0 Å². The van der Waals surface area contributed by atoms with Gasteiger partial charge in [-0.3, -0.25) is 4.84 Å². The minimum atomic E-state index is 0.0422. The van der Waals surface area contributed by atoms with Gasteiger partial charge in [0.1, 0.15) is 5.75 Å². The molecule has 1 aromatic rings. The average Bonchev–Trinajstić information content (AvgIpc) is 2.71. The molecule has 1 aliphatic rings. The highest BCUT2D eigenvalue weighted by Gasteiger charge is 2.23. The Kier molecular flexibility index (Phi) is 1.12. The van der Waals surface area contributed by atoms with Crippen LogP contribution in [0.3, 0.4) is 0 Å². The number of hydroxylamine groups is 1. The first-order valence-corrected chi connectivity index (χ1v) is 3.06. The van der Waals surface area contributed by atoms with E-state index >= 15 is 0 Å². The highest BCUT2D eigenvalue weighted by molar-refractivity contribution is 5.27. The first kappa shape index (κ1) is 5.70. The van der Waals surface area contributed by atoms with Crippen molar-refractivity contribution in [1.29, 1.82) is 0 Å². The maximum atomic E-state index is 8.90. The van der Waals surface area contributed by atoms with Crippen molar-refractivity contribution in [2.75, 3.05) is 0 Å². The number of hydrogen-bond acceptors (Lipinski definition) is 3. The Morgan fingerprint density at radius 1 is 1.30 bits per heavy atom. The summed E-state index contributed by atoms with van der Waals surface area (Å²) in [7, 11) is 0. The molecule has 1 unspecified atom stereocenters. The van der Waals surface area contributed by atoms with E-state index in [0.29, 0.717) is 0 Å². The molecule has 3 nitrogen and oxygen atoms in total. The molecule has 1 saturated heterocycles. The third-order valence-corrected chi connectivity index (χ3v) is 1.43. The van der Waals surface area contributed by atoms with Crippen LogP contribution in [0.15, 0.2) is 24.3 Å².